The van der Waals surface area contributed by atoms with Gasteiger partial charge in [0, 0.05) is 24.7 Å². The predicted octanol–water partition coefficient (Wildman–Crippen LogP) is 2.42. The Morgan fingerprint density at radius 2 is 1.81 bits per heavy atom. The Bertz CT molecular complexity index is 894. The zero-order valence-electron chi connectivity index (χ0n) is 14.7. The molecule has 0 atom stereocenters. The van der Waals surface area contributed by atoms with Crippen molar-refractivity contribution in [2.24, 2.45) is 0 Å². The van der Waals surface area contributed by atoms with Crippen molar-refractivity contribution >= 4 is 15.9 Å². The Labute approximate surface area is 158 Å². The maximum atomic E-state index is 13.0. The van der Waals surface area contributed by atoms with Gasteiger partial charge in [-0.25, -0.2) is 12.8 Å². The van der Waals surface area contributed by atoms with Crippen LogP contribution in [0.1, 0.15) is 23.2 Å². The van der Waals surface area contributed by atoms with Crippen molar-refractivity contribution in [3.05, 3.63) is 59.9 Å². The summed E-state index contributed by atoms with van der Waals surface area (Å²) in [6, 6.07) is 11.6. The first-order valence-corrected chi connectivity index (χ1v) is 10.2. The molecule has 1 amide bonds. The standard InChI is InChI=1S/C19H21FN2O4S/c20-16-4-3-5-17(14-16)26-13-10-21-19(23)15-6-8-18(9-7-15)27(24,25)22-11-1-2-12-22/h3-9,14H,1-2,10-13H2,(H,21,23). The second-order valence-corrected chi connectivity index (χ2v) is 8.14. The minimum atomic E-state index is -3.49. The van der Waals surface area contributed by atoms with E-state index in [1.807, 2.05) is 0 Å². The summed E-state index contributed by atoms with van der Waals surface area (Å²) in [4.78, 5) is 12.3. The fourth-order valence-electron chi connectivity index (χ4n) is 2.85. The highest BCUT2D eigenvalue weighted by Gasteiger charge is 2.27. The van der Waals surface area contributed by atoms with Crippen LogP contribution in [-0.4, -0.2) is 44.9 Å². The van der Waals surface area contributed by atoms with Gasteiger partial charge in [0.1, 0.15) is 18.2 Å². The number of nitrogens with zero attached hydrogens (tertiary/aromatic N) is 1. The molecule has 0 radical (unpaired) electrons. The van der Waals surface area contributed by atoms with Crippen LogP contribution in [0.2, 0.25) is 0 Å². The SMILES string of the molecule is O=C(NCCOc1cccc(F)c1)c1ccc(S(=O)(=O)N2CCCC2)cc1. The summed E-state index contributed by atoms with van der Waals surface area (Å²) < 4.78 is 44.8. The Kier molecular flexibility index (Phi) is 6.08. The first kappa shape index (κ1) is 19.3. The highest BCUT2D eigenvalue weighted by Crippen LogP contribution is 2.21. The van der Waals surface area contributed by atoms with Gasteiger partial charge >= 0.3 is 0 Å². The van der Waals surface area contributed by atoms with E-state index >= 15 is 0 Å². The second-order valence-electron chi connectivity index (χ2n) is 6.20. The van der Waals surface area contributed by atoms with Gasteiger partial charge in [0.2, 0.25) is 10.0 Å². The van der Waals surface area contributed by atoms with Gasteiger partial charge in [0.15, 0.2) is 0 Å². The molecule has 0 saturated carbocycles. The van der Waals surface area contributed by atoms with Gasteiger partial charge in [-0.05, 0) is 49.2 Å². The molecule has 1 fully saturated rings. The number of carbonyl (C=O) groups excluding carboxylic acids is 1. The first-order chi connectivity index (χ1) is 13.0. The molecule has 0 aliphatic carbocycles. The molecule has 0 spiro atoms. The third kappa shape index (κ3) is 4.84. The van der Waals surface area contributed by atoms with Crippen LogP contribution >= 0.6 is 0 Å². The smallest absolute Gasteiger partial charge is 0.251 e. The molecule has 144 valence electrons. The van der Waals surface area contributed by atoms with Crippen molar-refractivity contribution < 1.29 is 22.3 Å². The van der Waals surface area contributed by atoms with E-state index in [1.54, 1.807) is 12.1 Å². The zero-order valence-corrected chi connectivity index (χ0v) is 15.5. The Morgan fingerprint density at radius 3 is 2.48 bits per heavy atom. The lowest BCUT2D eigenvalue weighted by Gasteiger charge is -2.15. The van der Waals surface area contributed by atoms with Gasteiger partial charge in [0.25, 0.3) is 5.91 Å². The van der Waals surface area contributed by atoms with Crippen LogP contribution < -0.4 is 10.1 Å². The van der Waals surface area contributed by atoms with E-state index in [0.717, 1.165) is 12.8 Å². The van der Waals surface area contributed by atoms with Crippen LogP contribution in [0.5, 0.6) is 5.75 Å². The minimum absolute atomic E-state index is 0.190. The van der Waals surface area contributed by atoms with E-state index in [2.05, 4.69) is 5.32 Å². The Hall–Kier alpha value is -2.45. The summed E-state index contributed by atoms with van der Waals surface area (Å²) in [5, 5.41) is 2.68. The van der Waals surface area contributed by atoms with Crippen LogP contribution in [-0.2, 0) is 10.0 Å². The van der Waals surface area contributed by atoms with Crippen molar-refractivity contribution in [2.75, 3.05) is 26.2 Å². The van der Waals surface area contributed by atoms with Crippen LogP contribution in [0.4, 0.5) is 4.39 Å². The highest BCUT2D eigenvalue weighted by atomic mass is 32.2. The molecule has 1 aliphatic rings. The molecule has 8 heteroatoms. The summed E-state index contributed by atoms with van der Waals surface area (Å²) in [5.41, 5.74) is 0.362. The van der Waals surface area contributed by atoms with E-state index in [9.17, 15) is 17.6 Å². The van der Waals surface area contributed by atoms with Crippen LogP contribution in [0.15, 0.2) is 53.4 Å². The molecule has 1 heterocycles. The number of halogens is 1. The monoisotopic (exact) mass is 392 g/mol. The average Bonchev–Trinajstić information content (AvgIpc) is 3.21. The van der Waals surface area contributed by atoms with Gasteiger partial charge in [-0.2, -0.15) is 4.31 Å². The van der Waals surface area contributed by atoms with E-state index in [0.29, 0.717) is 24.4 Å². The number of ether oxygens (including phenoxy) is 1. The zero-order chi connectivity index (χ0) is 19.3. The molecule has 1 N–H and O–H groups in total. The number of nitrogens with one attached hydrogen (secondary N) is 1. The fraction of sp³-hybridized carbons (Fsp3) is 0.316. The minimum Gasteiger partial charge on any atom is -0.492 e. The molecule has 1 saturated heterocycles. The number of hydrogen-bond acceptors (Lipinski definition) is 4. The summed E-state index contributed by atoms with van der Waals surface area (Å²) in [5.74, 6) is -0.329. The van der Waals surface area contributed by atoms with Crippen LogP contribution in [0.25, 0.3) is 0 Å². The lowest BCUT2D eigenvalue weighted by Crippen LogP contribution is -2.29. The molecule has 0 bridgehead atoms. The maximum absolute atomic E-state index is 13.0. The number of carbonyl (C=O) groups is 1. The molecule has 0 unspecified atom stereocenters. The molecule has 2 aromatic carbocycles. The number of rotatable bonds is 7. The lowest BCUT2D eigenvalue weighted by atomic mass is 10.2. The van der Waals surface area contributed by atoms with E-state index in [4.69, 9.17) is 4.74 Å². The second kappa shape index (κ2) is 8.49. The average molecular weight is 392 g/mol. The van der Waals surface area contributed by atoms with Crippen molar-refractivity contribution in [1.82, 2.24) is 9.62 Å². The molecule has 27 heavy (non-hydrogen) atoms. The van der Waals surface area contributed by atoms with Gasteiger partial charge in [-0.3, -0.25) is 4.79 Å². The molecule has 0 aromatic heterocycles. The molecule has 3 rings (SSSR count). The predicted molar refractivity (Wildman–Crippen MR) is 98.7 cm³/mol. The van der Waals surface area contributed by atoms with Crippen molar-refractivity contribution in [1.29, 1.82) is 0 Å². The van der Waals surface area contributed by atoms with Gasteiger partial charge in [-0.15, -0.1) is 0 Å². The summed E-state index contributed by atoms with van der Waals surface area (Å²) in [7, 11) is -3.49. The lowest BCUT2D eigenvalue weighted by molar-refractivity contribution is 0.0947. The third-order valence-electron chi connectivity index (χ3n) is 4.27. The Balaban J connectivity index is 1.51. The summed E-state index contributed by atoms with van der Waals surface area (Å²) in [6.07, 6.45) is 1.74. The highest BCUT2D eigenvalue weighted by molar-refractivity contribution is 7.89. The van der Waals surface area contributed by atoms with Crippen molar-refractivity contribution in [3.8, 4) is 5.75 Å². The molecular formula is C19H21FN2O4S. The van der Waals surface area contributed by atoms with E-state index in [-0.39, 0.29) is 29.8 Å². The van der Waals surface area contributed by atoms with Gasteiger partial charge < -0.3 is 10.1 Å². The topological polar surface area (TPSA) is 75.7 Å². The van der Waals surface area contributed by atoms with Crippen LogP contribution in [0, 0.1) is 5.82 Å². The Morgan fingerprint density at radius 1 is 1.11 bits per heavy atom. The number of sulfonamides is 1. The summed E-state index contributed by atoms with van der Waals surface area (Å²) in [6.45, 7) is 1.51. The normalized spacial score (nSPS) is 14.9. The van der Waals surface area contributed by atoms with Crippen molar-refractivity contribution in [2.45, 2.75) is 17.7 Å². The quantitative estimate of drug-likeness (QED) is 0.735. The largest absolute Gasteiger partial charge is 0.492 e. The molecular weight excluding hydrogens is 371 g/mol. The third-order valence-corrected chi connectivity index (χ3v) is 6.18. The number of hydrogen-bond donors (Lipinski definition) is 1. The van der Waals surface area contributed by atoms with Crippen LogP contribution in [0.3, 0.4) is 0 Å². The van der Waals surface area contributed by atoms with Gasteiger partial charge in [0.05, 0.1) is 11.4 Å². The molecule has 6 nitrogen and oxygen atoms in total. The number of amides is 1. The van der Waals surface area contributed by atoms with E-state index < -0.39 is 10.0 Å². The first-order valence-electron chi connectivity index (χ1n) is 8.73. The number of benzene rings is 2. The summed E-state index contributed by atoms with van der Waals surface area (Å²) >= 11 is 0. The van der Waals surface area contributed by atoms with Gasteiger partial charge in [-0.1, -0.05) is 6.07 Å². The van der Waals surface area contributed by atoms with Crippen molar-refractivity contribution in [3.63, 3.8) is 0 Å². The maximum Gasteiger partial charge on any atom is 0.251 e. The fourth-order valence-corrected chi connectivity index (χ4v) is 4.37. The van der Waals surface area contributed by atoms with E-state index in [1.165, 1.54) is 40.7 Å². The molecule has 2 aromatic rings. The molecule has 1 aliphatic heterocycles.